The van der Waals surface area contributed by atoms with Crippen LogP contribution in [0.25, 0.3) is 0 Å². The lowest BCUT2D eigenvalue weighted by Crippen LogP contribution is -2.54. The molecular formula is C10H16N2O. The van der Waals surface area contributed by atoms with Crippen molar-refractivity contribution < 1.29 is 4.74 Å². The van der Waals surface area contributed by atoms with Crippen LogP contribution in [0.1, 0.15) is 19.3 Å². The molecule has 0 saturated carbocycles. The molecule has 0 aromatic heterocycles. The molecule has 0 amide bonds. The normalized spacial score (nSPS) is 39.8. The van der Waals surface area contributed by atoms with E-state index >= 15 is 0 Å². The van der Waals surface area contributed by atoms with E-state index < -0.39 is 0 Å². The van der Waals surface area contributed by atoms with Gasteiger partial charge in [0, 0.05) is 18.5 Å². The molecular weight excluding hydrogens is 164 g/mol. The molecule has 3 atom stereocenters. The second-order valence-electron chi connectivity index (χ2n) is 4.21. The number of fused-ring (bicyclic) bond motifs is 2. The average Bonchev–Trinajstić information content (AvgIpc) is 2.07. The highest BCUT2D eigenvalue weighted by Crippen LogP contribution is 2.31. The van der Waals surface area contributed by atoms with E-state index in [4.69, 9.17) is 10.00 Å². The Morgan fingerprint density at radius 2 is 2.00 bits per heavy atom. The molecule has 2 saturated heterocycles. The second kappa shape index (κ2) is 3.65. The van der Waals surface area contributed by atoms with Crippen LogP contribution in [-0.2, 0) is 4.74 Å². The van der Waals surface area contributed by atoms with Crippen molar-refractivity contribution in [3.63, 3.8) is 0 Å². The molecule has 0 radical (unpaired) electrons. The third-order valence-electron chi connectivity index (χ3n) is 3.36. The lowest BCUT2D eigenvalue weighted by atomic mass is 9.84. The molecule has 0 aliphatic carbocycles. The number of hydrogen-bond acceptors (Lipinski definition) is 3. The topological polar surface area (TPSA) is 36.3 Å². The van der Waals surface area contributed by atoms with Crippen molar-refractivity contribution in [1.29, 1.82) is 5.26 Å². The standard InChI is InChI=1S/C10H16N2O/c1-12-9-4-8(2-3-11)5-10(12)7-13-6-9/h8-10H,2,4-7H2,1H3/t8?,9-,10+. The number of rotatable bonds is 1. The smallest absolute Gasteiger partial charge is 0.0624 e. The van der Waals surface area contributed by atoms with E-state index in [9.17, 15) is 0 Å². The fourth-order valence-electron chi connectivity index (χ4n) is 2.50. The van der Waals surface area contributed by atoms with Crippen LogP contribution in [0, 0.1) is 17.2 Å². The van der Waals surface area contributed by atoms with Crippen LogP contribution in [0.4, 0.5) is 0 Å². The van der Waals surface area contributed by atoms with Crippen LogP contribution in [0.2, 0.25) is 0 Å². The number of morpholine rings is 1. The fourth-order valence-corrected chi connectivity index (χ4v) is 2.50. The zero-order chi connectivity index (χ0) is 9.26. The van der Waals surface area contributed by atoms with E-state index in [1.165, 1.54) is 0 Å². The number of likely N-dealkylation sites (N-methyl/N-ethyl adjacent to an activating group) is 1. The molecule has 2 bridgehead atoms. The first-order chi connectivity index (χ1) is 6.31. The molecule has 0 aromatic rings. The first kappa shape index (κ1) is 8.98. The lowest BCUT2D eigenvalue weighted by Gasteiger charge is -2.46. The van der Waals surface area contributed by atoms with Crippen molar-refractivity contribution in [2.45, 2.75) is 31.3 Å². The van der Waals surface area contributed by atoms with Crippen molar-refractivity contribution in [3.05, 3.63) is 0 Å². The number of piperidine rings is 1. The number of nitriles is 1. The SMILES string of the molecule is CN1[C@@H]2COC[C@H]1CC(CC#N)C2. The molecule has 3 nitrogen and oxygen atoms in total. The predicted molar refractivity (Wildman–Crippen MR) is 49.1 cm³/mol. The Labute approximate surface area is 79.3 Å². The van der Waals surface area contributed by atoms with Crippen molar-refractivity contribution >= 4 is 0 Å². The highest BCUT2D eigenvalue weighted by atomic mass is 16.5. The quantitative estimate of drug-likeness (QED) is 0.604. The van der Waals surface area contributed by atoms with Gasteiger partial charge in [-0.2, -0.15) is 5.26 Å². The van der Waals surface area contributed by atoms with Crippen molar-refractivity contribution in [2.24, 2.45) is 5.92 Å². The van der Waals surface area contributed by atoms with Gasteiger partial charge in [0.2, 0.25) is 0 Å². The molecule has 2 rings (SSSR count). The highest BCUT2D eigenvalue weighted by molar-refractivity contribution is 4.92. The maximum Gasteiger partial charge on any atom is 0.0624 e. The Morgan fingerprint density at radius 3 is 2.54 bits per heavy atom. The average molecular weight is 180 g/mol. The Hall–Kier alpha value is -0.590. The van der Waals surface area contributed by atoms with Gasteiger partial charge in [-0.3, -0.25) is 4.90 Å². The maximum absolute atomic E-state index is 8.65. The molecule has 1 unspecified atom stereocenters. The Bertz CT molecular complexity index is 209. The van der Waals surface area contributed by atoms with Gasteiger partial charge in [-0.15, -0.1) is 0 Å². The minimum atomic E-state index is 0.561. The molecule has 0 aromatic carbocycles. The Morgan fingerprint density at radius 1 is 1.38 bits per heavy atom. The molecule has 2 aliphatic rings. The van der Waals surface area contributed by atoms with Gasteiger partial charge in [0.05, 0.1) is 19.3 Å². The zero-order valence-corrected chi connectivity index (χ0v) is 8.07. The van der Waals surface area contributed by atoms with Crippen LogP contribution in [0.15, 0.2) is 0 Å². The molecule has 0 N–H and O–H groups in total. The summed E-state index contributed by atoms with van der Waals surface area (Å²) in [5.41, 5.74) is 0. The molecule has 0 spiro atoms. The summed E-state index contributed by atoms with van der Waals surface area (Å²) in [5, 5.41) is 8.65. The molecule has 2 heterocycles. The van der Waals surface area contributed by atoms with E-state index in [1.807, 2.05) is 0 Å². The van der Waals surface area contributed by atoms with Crippen molar-refractivity contribution in [2.75, 3.05) is 20.3 Å². The molecule has 2 fully saturated rings. The lowest BCUT2D eigenvalue weighted by molar-refractivity contribution is -0.0740. The van der Waals surface area contributed by atoms with Gasteiger partial charge in [0.25, 0.3) is 0 Å². The van der Waals surface area contributed by atoms with Crippen molar-refractivity contribution in [1.82, 2.24) is 4.90 Å². The molecule has 72 valence electrons. The summed E-state index contributed by atoms with van der Waals surface area (Å²) in [6, 6.07) is 3.40. The van der Waals surface area contributed by atoms with Crippen LogP contribution >= 0.6 is 0 Å². The van der Waals surface area contributed by atoms with Crippen LogP contribution < -0.4 is 0 Å². The fraction of sp³-hybridized carbons (Fsp3) is 0.900. The summed E-state index contributed by atoms with van der Waals surface area (Å²) in [7, 11) is 2.18. The minimum absolute atomic E-state index is 0.561. The largest absolute Gasteiger partial charge is 0.378 e. The molecule has 2 aliphatic heterocycles. The molecule has 13 heavy (non-hydrogen) atoms. The summed E-state index contributed by atoms with van der Waals surface area (Å²) in [5.74, 6) is 0.611. The summed E-state index contributed by atoms with van der Waals surface area (Å²) in [6.45, 7) is 1.71. The van der Waals surface area contributed by atoms with E-state index in [2.05, 4.69) is 18.0 Å². The third kappa shape index (κ3) is 1.70. The summed E-state index contributed by atoms with van der Waals surface area (Å²) in [4.78, 5) is 2.43. The monoisotopic (exact) mass is 180 g/mol. The van der Waals surface area contributed by atoms with Crippen LogP contribution in [0.3, 0.4) is 0 Å². The van der Waals surface area contributed by atoms with Gasteiger partial charge in [-0.05, 0) is 25.8 Å². The molecule has 3 heteroatoms. The van der Waals surface area contributed by atoms with Crippen molar-refractivity contribution in [3.8, 4) is 6.07 Å². The second-order valence-corrected chi connectivity index (χ2v) is 4.21. The van der Waals surface area contributed by atoms with Gasteiger partial charge in [-0.25, -0.2) is 0 Å². The van der Waals surface area contributed by atoms with Gasteiger partial charge in [-0.1, -0.05) is 0 Å². The number of nitrogens with zero attached hydrogens (tertiary/aromatic N) is 2. The zero-order valence-electron chi connectivity index (χ0n) is 8.07. The Kier molecular flexibility index (Phi) is 2.52. The van der Waals surface area contributed by atoms with Gasteiger partial charge in [0.15, 0.2) is 0 Å². The van der Waals surface area contributed by atoms with E-state index in [-0.39, 0.29) is 0 Å². The summed E-state index contributed by atoms with van der Waals surface area (Å²) in [6.07, 6.45) is 3.00. The summed E-state index contributed by atoms with van der Waals surface area (Å²) >= 11 is 0. The first-order valence-electron chi connectivity index (χ1n) is 4.98. The summed E-state index contributed by atoms with van der Waals surface area (Å²) < 4.78 is 5.51. The first-order valence-corrected chi connectivity index (χ1v) is 4.98. The Balaban J connectivity index is 2.00. The van der Waals surface area contributed by atoms with E-state index in [0.717, 1.165) is 32.5 Å². The number of hydrogen-bond donors (Lipinski definition) is 0. The predicted octanol–water partition coefficient (Wildman–Crippen LogP) is 1.01. The van der Waals surface area contributed by atoms with Crippen LogP contribution in [0.5, 0.6) is 0 Å². The van der Waals surface area contributed by atoms with Gasteiger partial charge in [0.1, 0.15) is 0 Å². The number of ether oxygens (including phenoxy) is 1. The maximum atomic E-state index is 8.65. The van der Waals surface area contributed by atoms with Gasteiger partial charge < -0.3 is 4.74 Å². The third-order valence-corrected chi connectivity index (χ3v) is 3.36. The minimum Gasteiger partial charge on any atom is -0.378 e. The van der Waals surface area contributed by atoms with E-state index in [0.29, 0.717) is 18.0 Å². The van der Waals surface area contributed by atoms with Crippen LogP contribution in [-0.4, -0.2) is 37.2 Å². The van der Waals surface area contributed by atoms with Gasteiger partial charge >= 0.3 is 0 Å². The highest BCUT2D eigenvalue weighted by Gasteiger charge is 2.36. The van der Waals surface area contributed by atoms with E-state index in [1.54, 1.807) is 0 Å².